The molecule has 1 unspecified atom stereocenters. The maximum Gasteiger partial charge on any atom is 0.435 e. The molecule has 36 heavy (non-hydrogen) atoms. The molecule has 1 fully saturated rings. The van der Waals surface area contributed by atoms with Crippen LogP contribution in [0.2, 0.25) is 10.0 Å². The van der Waals surface area contributed by atoms with E-state index in [-0.39, 0.29) is 27.8 Å². The molecule has 5 rings (SSSR count). The van der Waals surface area contributed by atoms with Crippen LogP contribution in [0.4, 0.5) is 17.6 Å². The summed E-state index contributed by atoms with van der Waals surface area (Å²) in [4.78, 5) is 29.6. The molecule has 1 amide bonds. The van der Waals surface area contributed by atoms with Crippen molar-refractivity contribution in [2.75, 3.05) is 6.54 Å². The number of nitrogens with one attached hydrogen (secondary N) is 1. The van der Waals surface area contributed by atoms with Gasteiger partial charge in [-0.05, 0) is 43.0 Å². The van der Waals surface area contributed by atoms with Gasteiger partial charge in [0.15, 0.2) is 11.4 Å². The Balaban J connectivity index is 1.56. The van der Waals surface area contributed by atoms with Crippen LogP contribution < -0.4 is 10.9 Å². The molecule has 0 saturated heterocycles. The van der Waals surface area contributed by atoms with Crippen molar-refractivity contribution in [1.82, 2.24) is 5.32 Å². The Hall–Kier alpha value is -3.11. The monoisotopic (exact) mass is 542 g/mol. The Morgan fingerprint density at radius 3 is 2.47 bits per heavy atom. The zero-order chi connectivity index (χ0) is 25.8. The number of rotatable bonds is 5. The Morgan fingerprint density at radius 1 is 1.14 bits per heavy atom. The van der Waals surface area contributed by atoms with Gasteiger partial charge in [0, 0.05) is 35.5 Å². The first-order chi connectivity index (χ1) is 17.0. The molecular formula is C24H16Cl2F4N2O4. The van der Waals surface area contributed by atoms with Gasteiger partial charge in [-0.1, -0.05) is 34.4 Å². The van der Waals surface area contributed by atoms with Crippen LogP contribution in [0.1, 0.15) is 40.7 Å². The molecule has 1 aliphatic carbocycles. The third kappa shape index (κ3) is 4.22. The number of halogens is 6. The normalized spacial score (nSPS) is 19.8. The zero-order valence-corrected chi connectivity index (χ0v) is 19.7. The van der Waals surface area contributed by atoms with E-state index in [1.54, 1.807) is 0 Å². The van der Waals surface area contributed by atoms with E-state index >= 15 is 0 Å². The molecule has 1 aliphatic heterocycles. The van der Waals surface area contributed by atoms with Crippen LogP contribution in [0.25, 0.3) is 11.0 Å². The van der Waals surface area contributed by atoms with Gasteiger partial charge in [0.05, 0.1) is 21.3 Å². The Kier molecular flexibility index (Phi) is 5.99. The molecule has 0 bridgehead atoms. The molecule has 0 radical (unpaired) electrons. The predicted molar refractivity (Wildman–Crippen MR) is 124 cm³/mol. The SMILES string of the molecule is O=C(NCC1CC1)c1ccc(C2=NOC(c3cc(Cl)c(F)c(Cl)c3)(C(F)(F)F)C2)c2ccc(=O)oc12. The summed E-state index contributed by atoms with van der Waals surface area (Å²) in [6, 6.07) is 6.77. The number of fused-ring (bicyclic) bond motifs is 1. The van der Waals surface area contributed by atoms with Gasteiger partial charge in [0.1, 0.15) is 0 Å². The van der Waals surface area contributed by atoms with E-state index in [9.17, 15) is 27.2 Å². The van der Waals surface area contributed by atoms with Crippen molar-refractivity contribution in [2.24, 2.45) is 11.1 Å². The van der Waals surface area contributed by atoms with Crippen molar-refractivity contribution >= 4 is 45.8 Å². The minimum absolute atomic E-state index is 0.0609. The second kappa shape index (κ2) is 8.77. The number of nitrogens with zero attached hydrogens (tertiary/aromatic N) is 1. The minimum Gasteiger partial charge on any atom is -0.422 e. The Bertz CT molecular complexity index is 1460. The number of oxime groups is 1. The van der Waals surface area contributed by atoms with Gasteiger partial charge in [-0.25, -0.2) is 9.18 Å². The van der Waals surface area contributed by atoms with Gasteiger partial charge >= 0.3 is 11.8 Å². The average molecular weight is 543 g/mol. The molecule has 1 atom stereocenters. The highest BCUT2D eigenvalue weighted by molar-refractivity contribution is 6.35. The standard InChI is InChI=1S/C24H16Cl2F4N2O4/c25-16-7-12(8-17(26)20(16)27)23(24(28,29)30)9-18(32-36-23)13-3-4-15(22(34)31-10-11-1-2-11)21-14(13)5-6-19(33)35-21/h3-8,11H,1-2,9-10H2,(H,31,34). The average Bonchev–Trinajstić information content (AvgIpc) is 3.54. The number of hydrogen-bond donors (Lipinski definition) is 1. The molecule has 3 aromatic rings. The van der Waals surface area contributed by atoms with Crippen molar-refractivity contribution < 1.29 is 31.6 Å². The van der Waals surface area contributed by atoms with Crippen LogP contribution in [0.15, 0.2) is 50.8 Å². The van der Waals surface area contributed by atoms with Crippen LogP contribution in [-0.2, 0) is 10.4 Å². The van der Waals surface area contributed by atoms with E-state index in [0.29, 0.717) is 12.5 Å². The maximum atomic E-state index is 14.4. The lowest BCUT2D eigenvalue weighted by atomic mass is 9.85. The molecule has 1 saturated carbocycles. The Morgan fingerprint density at radius 2 is 1.83 bits per heavy atom. The first-order valence-electron chi connectivity index (χ1n) is 10.8. The molecule has 188 valence electrons. The second-order valence-corrected chi connectivity index (χ2v) is 9.51. The number of hydrogen-bond acceptors (Lipinski definition) is 5. The molecule has 6 nitrogen and oxygen atoms in total. The highest BCUT2D eigenvalue weighted by Gasteiger charge is 2.62. The van der Waals surface area contributed by atoms with Gasteiger partial charge in [-0.2, -0.15) is 13.2 Å². The van der Waals surface area contributed by atoms with Crippen molar-refractivity contribution in [3.8, 4) is 0 Å². The van der Waals surface area contributed by atoms with Crippen molar-refractivity contribution in [3.63, 3.8) is 0 Å². The predicted octanol–water partition coefficient (Wildman–Crippen LogP) is 5.96. The zero-order valence-electron chi connectivity index (χ0n) is 18.2. The molecule has 2 heterocycles. The van der Waals surface area contributed by atoms with Crippen LogP contribution >= 0.6 is 23.2 Å². The van der Waals surface area contributed by atoms with Crippen LogP contribution in [0, 0.1) is 11.7 Å². The largest absolute Gasteiger partial charge is 0.435 e. The molecule has 0 spiro atoms. The summed E-state index contributed by atoms with van der Waals surface area (Å²) in [6.07, 6.45) is -3.77. The molecule has 1 aromatic heterocycles. The molecule has 12 heteroatoms. The smallest absolute Gasteiger partial charge is 0.422 e. The summed E-state index contributed by atoms with van der Waals surface area (Å²) in [5, 5.41) is 5.46. The molecule has 1 N–H and O–H groups in total. The topological polar surface area (TPSA) is 80.9 Å². The lowest BCUT2D eigenvalue weighted by Crippen LogP contribution is -2.42. The number of amides is 1. The summed E-state index contributed by atoms with van der Waals surface area (Å²) in [6.45, 7) is 0.469. The van der Waals surface area contributed by atoms with E-state index in [0.717, 1.165) is 31.0 Å². The van der Waals surface area contributed by atoms with Crippen LogP contribution in [0.5, 0.6) is 0 Å². The molecule has 2 aromatic carbocycles. The Labute approximate surface area is 210 Å². The number of carbonyl (C=O) groups is 1. The van der Waals surface area contributed by atoms with Gasteiger partial charge < -0.3 is 14.6 Å². The second-order valence-electron chi connectivity index (χ2n) is 8.70. The third-order valence-corrected chi connectivity index (χ3v) is 6.77. The quantitative estimate of drug-likeness (QED) is 0.245. The summed E-state index contributed by atoms with van der Waals surface area (Å²) in [5.74, 6) is -1.13. The van der Waals surface area contributed by atoms with Crippen LogP contribution in [-0.4, -0.2) is 24.3 Å². The van der Waals surface area contributed by atoms with Crippen molar-refractivity contribution in [1.29, 1.82) is 0 Å². The number of carbonyl (C=O) groups excluding carboxylic acids is 1. The van der Waals surface area contributed by atoms with Gasteiger partial charge in [0.2, 0.25) is 0 Å². The van der Waals surface area contributed by atoms with E-state index in [2.05, 4.69) is 10.5 Å². The van der Waals surface area contributed by atoms with Gasteiger partial charge in [0.25, 0.3) is 11.5 Å². The third-order valence-electron chi connectivity index (χ3n) is 6.22. The lowest BCUT2D eigenvalue weighted by molar-refractivity contribution is -0.275. The van der Waals surface area contributed by atoms with E-state index in [1.165, 1.54) is 18.2 Å². The summed E-state index contributed by atoms with van der Waals surface area (Å²) < 4.78 is 62.2. The van der Waals surface area contributed by atoms with E-state index in [4.69, 9.17) is 32.5 Å². The van der Waals surface area contributed by atoms with E-state index < -0.39 is 51.2 Å². The van der Waals surface area contributed by atoms with Gasteiger partial charge in [-0.3, -0.25) is 4.79 Å². The summed E-state index contributed by atoms with van der Waals surface area (Å²) in [7, 11) is 0. The van der Waals surface area contributed by atoms with Gasteiger partial charge in [-0.15, -0.1) is 0 Å². The van der Waals surface area contributed by atoms with Crippen molar-refractivity contribution in [3.05, 3.63) is 79.4 Å². The minimum atomic E-state index is -4.99. The fourth-order valence-electron chi connectivity index (χ4n) is 4.08. The van der Waals surface area contributed by atoms with Crippen molar-refractivity contribution in [2.45, 2.75) is 31.0 Å². The first kappa shape index (κ1) is 24.6. The fourth-order valence-corrected chi connectivity index (χ4v) is 4.57. The fraction of sp³-hybridized carbons (Fsp3) is 0.292. The van der Waals surface area contributed by atoms with E-state index in [1.807, 2.05) is 0 Å². The molecule has 2 aliphatic rings. The first-order valence-corrected chi connectivity index (χ1v) is 11.6. The lowest BCUT2D eigenvalue weighted by Gasteiger charge is -2.29. The maximum absolute atomic E-state index is 14.4. The highest BCUT2D eigenvalue weighted by atomic mass is 35.5. The highest BCUT2D eigenvalue weighted by Crippen LogP contribution is 2.50. The van der Waals surface area contributed by atoms with Crippen LogP contribution in [0.3, 0.4) is 0 Å². The number of alkyl halides is 3. The summed E-state index contributed by atoms with van der Waals surface area (Å²) in [5.41, 5.74) is -4.26. The number of benzene rings is 2. The molecular weight excluding hydrogens is 527 g/mol. The summed E-state index contributed by atoms with van der Waals surface area (Å²) >= 11 is 11.5.